The summed E-state index contributed by atoms with van der Waals surface area (Å²) >= 11 is 0. The van der Waals surface area contributed by atoms with Gasteiger partial charge in [-0.05, 0) is 29.3 Å². The third-order valence-corrected chi connectivity index (χ3v) is 2.89. The van der Waals surface area contributed by atoms with Crippen molar-refractivity contribution in [2.45, 2.75) is 13.2 Å². The van der Waals surface area contributed by atoms with Crippen molar-refractivity contribution in [2.24, 2.45) is 0 Å². The summed E-state index contributed by atoms with van der Waals surface area (Å²) in [5, 5.41) is 11.8. The highest BCUT2D eigenvalue weighted by atomic mass is 19.1. The van der Waals surface area contributed by atoms with E-state index in [4.69, 9.17) is 10.8 Å². The van der Waals surface area contributed by atoms with Crippen LogP contribution in [0.3, 0.4) is 0 Å². The molecule has 20 heavy (non-hydrogen) atoms. The predicted molar refractivity (Wildman–Crippen MR) is 74.3 cm³/mol. The zero-order valence-electron chi connectivity index (χ0n) is 10.8. The average Bonchev–Trinajstić information content (AvgIpc) is 2.47. The SMILES string of the molecule is Nc1cc(C(=O)NCc2cccc(CO)c2)ccc1F. The van der Waals surface area contributed by atoms with E-state index in [9.17, 15) is 9.18 Å². The Bertz CT molecular complexity index is 629. The zero-order chi connectivity index (χ0) is 14.5. The number of benzene rings is 2. The number of carbonyl (C=O) groups is 1. The summed E-state index contributed by atoms with van der Waals surface area (Å²) < 4.78 is 13.0. The minimum absolute atomic E-state index is 0.0454. The molecule has 0 aromatic heterocycles. The van der Waals surface area contributed by atoms with Gasteiger partial charge in [0.1, 0.15) is 5.82 Å². The van der Waals surface area contributed by atoms with Gasteiger partial charge < -0.3 is 16.2 Å². The maximum absolute atomic E-state index is 13.0. The first-order valence-electron chi connectivity index (χ1n) is 6.12. The Kier molecular flexibility index (Phi) is 4.32. The van der Waals surface area contributed by atoms with E-state index in [1.165, 1.54) is 12.1 Å². The summed E-state index contributed by atoms with van der Waals surface area (Å²) in [6.45, 7) is 0.278. The zero-order valence-corrected chi connectivity index (χ0v) is 10.8. The number of nitrogens with one attached hydrogen (secondary N) is 1. The van der Waals surface area contributed by atoms with Gasteiger partial charge in [-0.25, -0.2) is 4.39 Å². The number of aliphatic hydroxyl groups is 1. The lowest BCUT2D eigenvalue weighted by Crippen LogP contribution is -2.23. The molecule has 0 bridgehead atoms. The highest BCUT2D eigenvalue weighted by molar-refractivity contribution is 5.94. The molecule has 0 aliphatic heterocycles. The van der Waals surface area contributed by atoms with Crippen LogP contribution in [0.15, 0.2) is 42.5 Å². The van der Waals surface area contributed by atoms with Crippen LogP contribution in [0.2, 0.25) is 0 Å². The van der Waals surface area contributed by atoms with Gasteiger partial charge in [0.25, 0.3) is 5.91 Å². The Morgan fingerprint density at radius 3 is 2.65 bits per heavy atom. The molecule has 2 aromatic carbocycles. The summed E-state index contributed by atoms with van der Waals surface area (Å²) in [6, 6.07) is 11.1. The molecule has 0 fully saturated rings. The van der Waals surface area contributed by atoms with Gasteiger partial charge >= 0.3 is 0 Å². The Hall–Kier alpha value is -2.40. The van der Waals surface area contributed by atoms with Gasteiger partial charge in [0.05, 0.1) is 12.3 Å². The van der Waals surface area contributed by atoms with E-state index in [-0.39, 0.29) is 18.2 Å². The number of carbonyl (C=O) groups excluding carboxylic acids is 1. The highest BCUT2D eigenvalue weighted by Gasteiger charge is 2.08. The number of amides is 1. The van der Waals surface area contributed by atoms with E-state index in [0.29, 0.717) is 12.1 Å². The molecule has 0 aliphatic rings. The lowest BCUT2D eigenvalue weighted by Gasteiger charge is -2.07. The second kappa shape index (κ2) is 6.16. The molecule has 0 spiro atoms. The van der Waals surface area contributed by atoms with Crippen LogP contribution < -0.4 is 11.1 Å². The van der Waals surface area contributed by atoms with Gasteiger partial charge in [-0.15, -0.1) is 0 Å². The Balaban J connectivity index is 2.02. The quantitative estimate of drug-likeness (QED) is 0.744. The van der Waals surface area contributed by atoms with Gasteiger partial charge in [0.2, 0.25) is 0 Å². The number of hydrogen-bond acceptors (Lipinski definition) is 3. The Morgan fingerprint density at radius 2 is 1.95 bits per heavy atom. The largest absolute Gasteiger partial charge is 0.396 e. The first-order chi connectivity index (χ1) is 9.60. The van der Waals surface area contributed by atoms with E-state index in [2.05, 4.69) is 5.32 Å². The first kappa shape index (κ1) is 14.0. The van der Waals surface area contributed by atoms with Crippen LogP contribution in [-0.4, -0.2) is 11.0 Å². The Morgan fingerprint density at radius 1 is 1.20 bits per heavy atom. The second-order valence-corrected chi connectivity index (χ2v) is 4.40. The van der Waals surface area contributed by atoms with Crippen LogP contribution in [0.1, 0.15) is 21.5 Å². The van der Waals surface area contributed by atoms with Crippen molar-refractivity contribution < 1.29 is 14.3 Å². The molecule has 5 heteroatoms. The van der Waals surface area contributed by atoms with Gasteiger partial charge in [-0.3, -0.25) is 4.79 Å². The highest BCUT2D eigenvalue weighted by Crippen LogP contribution is 2.12. The molecule has 4 N–H and O–H groups in total. The lowest BCUT2D eigenvalue weighted by molar-refractivity contribution is 0.0951. The third-order valence-electron chi connectivity index (χ3n) is 2.89. The van der Waals surface area contributed by atoms with Gasteiger partial charge in [-0.2, -0.15) is 0 Å². The van der Waals surface area contributed by atoms with Crippen molar-refractivity contribution in [2.75, 3.05) is 5.73 Å². The van der Waals surface area contributed by atoms with Crippen molar-refractivity contribution in [1.29, 1.82) is 0 Å². The summed E-state index contributed by atoms with van der Waals surface area (Å²) in [5.74, 6) is -0.872. The fourth-order valence-electron chi connectivity index (χ4n) is 1.81. The van der Waals surface area contributed by atoms with Gasteiger partial charge in [-0.1, -0.05) is 24.3 Å². The maximum atomic E-state index is 13.0. The van der Waals surface area contributed by atoms with Crippen LogP contribution >= 0.6 is 0 Å². The summed E-state index contributed by atoms with van der Waals surface area (Å²) in [6.07, 6.45) is 0. The number of halogens is 1. The predicted octanol–water partition coefficient (Wildman–Crippen LogP) is 1.83. The van der Waals surface area contributed by atoms with Crippen LogP contribution in [0.25, 0.3) is 0 Å². The topological polar surface area (TPSA) is 75.4 Å². The normalized spacial score (nSPS) is 10.3. The fourth-order valence-corrected chi connectivity index (χ4v) is 1.81. The summed E-state index contributed by atoms with van der Waals surface area (Å²) in [5.41, 5.74) is 7.33. The summed E-state index contributed by atoms with van der Waals surface area (Å²) in [7, 11) is 0. The molecule has 2 aromatic rings. The molecule has 0 saturated carbocycles. The van der Waals surface area contributed by atoms with Crippen LogP contribution in [0.4, 0.5) is 10.1 Å². The fraction of sp³-hybridized carbons (Fsp3) is 0.133. The van der Waals surface area contributed by atoms with E-state index >= 15 is 0 Å². The number of nitrogens with two attached hydrogens (primary N) is 1. The molecule has 0 heterocycles. The van der Waals surface area contributed by atoms with E-state index in [0.717, 1.165) is 17.2 Å². The molecule has 0 aliphatic carbocycles. The van der Waals surface area contributed by atoms with Crippen molar-refractivity contribution in [3.8, 4) is 0 Å². The molecular weight excluding hydrogens is 259 g/mol. The molecule has 0 radical (unpaired) electrons. The van der Waals surface area contributed by atoms with Gasteiger partial charge in [0.15, 0.2) is 0 Å². The molecule has 1 amide bonds. The molecule has 0 saturated heterocycles. The minimum atomic E-state index is -0.544. The second-order valence-electron chi connectivity index (χ2n) is 4.40. The molecular formula is C15H15FN2O2. The maximum Gasteiger partial charge on any atom is 0.251 e. The van der Waals surface area contributed by atoms with E-state index in [1.54, 1.807) is 12.1 Å². The minimum Gasteiger partial charge on any atom is -0.396 e. The smallest absolute Gasteiger partial charge is 0.251 e. The average molecular weight is 274 g/mol. The molecule has 0 unspecified atom stereocenters. The van der Waals surface area contributed by atoms with Crippen molar-refractivity contribution in [1.82, 2.24) is 5.32 Å². The molecule has 104 valence electrons. The van der Waals surface area contributed by atoms with Crippen molar-refractivity contribution in [3.63, 3.8) is 0 Å². The van der Waals surface area contributed by atoms with Crippen molar-refractivity contribution in [3.05, 3.63) is 65.0 Å². The molecule has 2 rings (SSSR count). The van der Waals surface area contributed by atoms with Gasteiger partial charge in [0, 0.05) is 12.1 Å². The molecule has 4 nitrogen and oxygen atoms in total. The van der Waals surface area contributed by atoms with Crippen LogP contribution in [0, 0.1) is 5.82 Å². The number of aliphatic hydroxyl groups excluding tert-OH is 1. The number of nitrogen functional groups attached to an aromatic ring is 1. The van der Waals surface area contributed by atoms with E-state index in [1.807, 2.05) is 12.1 Å². The monoisotopic (exact) mass is 274 g/mol. The van der Waals surface area contributed by atoms with Crippen LogP contribution in [-0.2, 0) is 13.2 Å². The first-order valence-corrected chi connectivity index (χ1v) is 6.12. The lowest BCUT2D eigenvalue weighted by atomic mass is 10.1. The third kappa shape index (κ3) is 3.33. The standard InChI is InChI=1S/C15H15FN2O2/c16-13-5-4-12(7-14(13)17)15(20)18-8-10-2-1-3-11(6-10)9-19/h1-7,19H,8-9,17H2,(H,18,20). The van der Waals surface area contributed by atoms with Crippen LogP contribution in [0.5, 0.6) is 0 Å². The number of hydrogen-bond donors (Lipinski definition) is 3. The Labute approximate surface area is 116 Å². The summed E-state index contributed by atoms with van der Waals surface area (Å²) in [4.78, 5) is 11.9. The number of rotatable bonds is 4. The van der Waals surface area contributed by atoms with Crippen molar-refractivity contribution >= 4 is 11.6 Å². The molecule has 0 atom stereocenters. The van der Waals surface area contributed by atoms with E-state index < -0.39 is 5.82 Å². The number of anilines is 1.